The molecule has 0 saturated carbocycles. The van der Waals surface area contributed by atoms with Crippen molar-refractivity contribution in [3.05, 3.63) is 34.9 Å². The van der Waals surface area contributed by atoms with E-state index in [-0.39, 0.29) is 24.0 Å². The quantitative estimate of drug-likeness (QED) is 0.389. The number of hydrogen-bond donors (Lipinski definition) is 1. The minimum Gasteiger partial charge on any atom is -0.381 e. The lowest BCUT2D eigenvalue weighted by Crippen LogP contribution is -2.40. The Hall–Kier alpha value is -0.530. The fraction of sp³-hybridized carbons (Fsp3) is 0.611. The molecule has 6 heteroatoms. The van der Waals surface area contributed by atoms with Crippen LogP contribution in [-0.4, -0.2) is 44.2 Å². The highest BCUT2D eigenvalue weighted by molar-refractivity contribution is 14.0. The highest BCUT2D eigenvalue weighted by Crippen LogP contribution is 2.19. The van der Waals surface area contributed by atoms with Gasteiger partial charge in [0.2, 0.25) is 0 Å². The number of hydrogen-bond acceptors (Lipinski definition) is 2. The van der Waals surface area contributed by atoms with Crippen molar-refractivity contribution in [2.24, 2.45) is 10.9 Å². The van der Waals surface area contributed by atoms with E-state index in [0.29, 0.717) is 6.54 Å². The summed E-state index contributed by atoms with van der Waals surface area (Å²) in [6, 6.07) is 7.88. The fourth-order valence-corrected chi connectivity index (χ4v) is 2.97. The molecule has 1 aromatic carbocycles. The lowest BCUT2D eigenvalue weighted by Gasteiger charge is -2.26. The normalized spacial score (nSPS) is 15.7. The molecule has 0 unspecified atom stereocenters. The number of halogens is 2. The first kappa shape index (κ1) is 21.5. The summed E-state index contributed by atoms with van der Waals surface area (Å²) in [5.41, 5.74) is 1.06. The molecule has 0 aliphatic carbocycles. The predicted molar refractivity (Wildman–Crippen MR) is 112 cm³/mol. The minimum atomic E-state index is 0. The summed E-state index contributed by atoms with van der Waals surface area (Å²) >= 11 is 6.21. The van der Waals surface area contributed by atoms with Crippen molar-refractivity contribution in [1.29, 1.82) is 0 Å². The lowest BCUT2D eigenvalue weighted by atomic mass is 9.96. The Balaban J connectivity index is 0.00000288. The second-order valence-corrected chi connectivity index (χ2v) is 6.43. The molecule has 0 radical (unpaired) electrons. The molecular formula is C18H29ClIN3O. The van der Waals surface area contributed by atoms with E-state index in [1.54, 1.807) is 0 Å². The molecule has 4 nitrogen and oxygen atoms in total. The number of aliphatic imine (C=N–C) groups is 1. The van der Waals surface area contributed by atoms with Crippen molar-refractivity contribution in [1.82, 2.24) is 10.2 Å². The van der Waals surface area contributed by atoms with Crippen LogP contribution in [0, 0.1) is 5.92 Å². The van der Waals surface area contributed by atoms with E-state index in [4.69, 9.17) is 21.3 Å². The molecule has 0 spiro atoms. The summed E-state index contributed by atoms with van der Waals surface area (Å²) in [5, 5.41) is 4.14. The van der Waals surface area contributed by atoms with Gasteiger partial charge in [-0.2, -0.15) is 0 Å². The summed E-state index contributed by atoms with van der Waals surface area (Å²) in [5.74, 6) is 1.72. The third-order valence-corrected chi connectivity index (χ3v) is 4.64. The van der Waals surface area contributed by atoms with Gasteiger partial charge in [-0.05, 0) is 43.7 Å². The molecular weight excluding hydrogens is 437 g/mol. The highest BCUT2D eigenvalue weighted by atomic mass is 127. The fourth-order valence-electron chi connectivity index (χ4n) is 2.77. The van der Waals surface area contributed by atoms with Crippen molar-refractivity contribution < 1.29 is 4.74 Å². The van der Waals surface area contributed by atoms with Crippen LogP contribution in [0.4, 0.5) is 0 Å². The van der Waals surface area contributed by atoms with Gasteiger partial charge in [-0.3, -0.25) is 0 Å². The summed E-state index contributed by atoms with van der Waals surface area (Å²) < 4.78 is 5.43. The average Bonchev–Trinajstić information content (AvgIpc) is 2.58. The molecule has 1 fully saturated rings. The van der Waals surface area contributed by atoms with Gasteiger partial charge in [0.25, 0.3) is 0 Å². The molecule has 0 atom stereocenters. The SMILES string of the molecule is CCNC(=NCc1ccccc1Cl)N(C)CCC1CCOCC1.I. The molecule has 2 rings (SSSR count). The van der Waals surface area contributed by atoms with Crippen LogP contribution in [0.25, 0.3) is 0 Å². The van der Waals surface area contributed by atoms with E-state index >= 15 is 0 Å². The first-order valence-electron chi connectivity index (χ1n) is 8.51. The predicted octanol–water partition coefficient (Wildman–Crippen LogP) is 4.17. The van der Waals surface area contributed by atoms with Gasteiger partial charge in [-0.15, -0.1) is 24.0 Å². The van der Waals surface area contributed by atoms with E-state index in [0.717, 1.165) is 48.8 Å². The number of ether oxygens (including phenoxy) is 1. The van der Waals surface area contributed by atoms with Gasteiger partial charge >= 0.3 is 0 Å². The molecule has 1 aliphatic heterocycles. The van der Waals surface area contributed by atoms with Gasteiger partial charge in [0.15, 0.2) is 5.96 Å². The molecule has 136 valence electrons. The van der Waals surface area contributed by atoms with Gasteiger partial charge in [0.1, 0.15) is 0 Å². The Morgan fingerprint density at radius 2 is 2.04 bits per heavy atom. The van der Waals surface area contributed by atoms with Crippen molar-refractivity contribution in [3.63, 3.8) is 0 Å². The molecule has 0 aromatic heterocycles. The van der Waals surface area contributed by atoms with Crippen LogP contribution in [0.5, 0.6) is 0 Å². The summed E-state index contributed by atoms with van der Waals surface area (Å²) in [6.45, 7) is 6.40. The van der Waals surface area contributed by atoms with Gasteiger partial charge < -0.3 is 15.0 Å². The van der Waals surface area contributed by atoms with Crippen LogP contribution < -0.4 is 5.32 Å². The maximum absolute atomic E-state index is 6.21. The zero-order chi connectivity index (χ0) is 16.5. The van der Waals surface area contributed by atoms with Crippen molar-refractivity contribution >= 4 is 41.5 Å². The first-order valence-corrected chi connectivity index (χ1v) is 8.89. The summed E-state index contributed by atoms with van der Waals surface area (Å²) in [4.78, 5) is 6.95. The van der Waals surface area contributed by atoms with Crippen LogP contribution in [-0.2, 0) is 11.3 Å². The Morgan fingerprint density at radius 3 is 2.71 bits per heavy atom. The van der Waals surface area contributed by atoms with Gasteiger partial charge in [-0.1, -0.05) is 29.8 Å². The van der Waals surface area contributed by atoms with Gasteiger partial charge in [0.05, 0.1) is 6.54 Å². The van der Waals surface area contributed by atoms with Crippen LogP contribution >= 0.6 is 35.6 Å². The van der Waals surface area contributed by atoms with E-state index in [1.165, 1.54) is 19.3 Å². The Morgan fingerprint density at radius 1 is 1.33 bits per heavy atom. The van der Waals surface area contributed by atoms with Crippen molar-refractivity contribution in [2.75, 3.05) is 33.4 Å². The Bertz CT molecular complexity index is 507. The zero-order valence-electron chi connectivity index (χ0n) is 14.6. The molecule has 1 N–H and O–H groups in total. The van der Waals surface area contributed by atoms with E-state index in [9.17, 15) is 0 Å². The van der Waals surface area contributed by atoms with Gasteiger partial charge in [-0.25, -0.2) is 4.99 Å². The van der Waals surface area contributed by atoms with Gasteiger partial charge in [0, 0.05) is 38.4 Å². The number of rotatable bonds is 6. The molecule has 24 heavy (non-hydrogen) atoms. The Kier molecular flexibility index (Phi) is 10.7. The van der Waals surface area contributed by atoms with Crippen molar-refractivity contribution in [3.8, 4) is 0 Å². The highest BCUT2D eigenvalue weighted by Gasteiger charge is 2.15. The standard InChI is InChI=1S/C18H28ClN3O.HI/c1-3-20-18(21-14-16-6-4-5-7-17(16)19)22(2)11-8-15-9-12-23-13-10-15;/h4-7,15H,3,8-14H2,1-2H3,(H,20,21);1H. The second-order valence-electron chi connectivity index (χ2n) is 6.03. The maximum Gasteiger partial charge on any atom is 0.193 e. The maximum atomic E-state index is 6.21. The van der Waals surface area contributed by atoms with Crippen LogP contribution in [0.15, 0.2) is 29.3 Å². The lowest BCUT2D eigenvalue weighted by molar-refractivity contribution is 0.0625. The largest absolute Gasteiger partial charge is 0.381 e. The molecule has 0 bridgehead atoms. The molecule has 0 amide bonds. The molecule has 1 heterocycles. The van der Waals surface area contributed by atoms with E-state index in [1.807, 2.05) is 24.3 Å². The minimum absolute atomic E-state index is 0. The second kappa shape index (κ2) is 11.9. The number of nitrogens with one attached hydrogen (secondary N) is 1. The van der Waals surface area contributed by atoms with Crippen LogP contribution in [0.3, 0.4) is 0 Å². The van der Waals surface area contributed by atoms with Crippen LogP contribution in [0.2, 0.25) is 5.02 Å². The molecule has 1 aliphatic rings. The van der Waals surface area contributed by atoms with E-state index in [2.05, 4.69) is 24.2 Å². The van der Waals surface area contributed by atoms with E-state index < -0.39 is 0 Å². The average molecular weight is 466 g/mol. The van der Waals surface area contributed by atoms with Crippen LogP contribution in [0.1, 0.15) is 31.7 Å². The molecule has 1 saturated heterocycles. The third kappa shape index (κ3) is 7.15. The summed E-state index contributed by atoms with van der Waals surface area (Å²) in [7, 11) is 2.10. The first-order chi connectivity index (χ1) is 11.2. The number of benzene rings is 1. The molecule has 1 aromatic rings. The van der Waals surface area contributed by atoms with Crippen molar-refractivity contribution in [2.45, 2.75) is 32.7 Å². The monoisotopic (exact) mass is 465 g/mol. The Labute approximate surface area is 168 Å². The zero-order valence-corrected chi connectivity index (χ0v) is 17.7. The number of guanidine groups is 1. The summed E-state index contributed by atoms with van der Waals surface area (Å²) in [6.07, 6.45) is 3.55. The third-order valence-electron chi connectivity index (χ3n) is 4.27. The topological polar surface area (TPSA) is 36.9 Å². The number of nitrogens with zero attached hydrogens (tertiary/aromatic N) is 2. The smallest absolute Gasteiger partial charge is 0.193 e.